The fourth-order valence-corrected chi connectivity index (χ4v) is 10.4. The van der Waals surface area contributed by atoms with Crippen molar-refractivity contribution in [3.05, 3.63) is 160 Å². The summed E-state index contributed by atoms with van der Waals surface area (Å²) in [5, 5.41) is 38.4. The van der Waals surface area contributed by atoms with Crippen LogP contribution in [0.15, 0.2) is 133 Å². The third-order valence-corrected chi connectivity index (χ3v) is 13.4. The first-order valence-electron chi connectivity index (χ1n) is 23.6. The van der Waals surface area contributed by atoms with Gasteiger partial charge in [0.25, 0.3) is 5.69 Å². The van der Waals surface area contributed by atoms with Crippen LogP contribution in [0.4, 0.5) is 10.5 Å². The summed E-state index contributed by atoms with van der Waals surface area (Å²) >= 11 is 0. The van der Waals surface area contributed by atoms with Gasteiger partial charge >= 0.3 is 6.09 Å². The predicted molar refractivity (Wildman–Crippen MR) is 259 cm³/mol. The minimum atomic E-state index is -1.57. The molecule has 1 saturated carbocycles. The largest absolute Gasteiger partial charge is 0.487 e. The van der Waals surface area contributed by atoms with Crippen molar-refractivity contribution in [2.75, 3.05) is 26.4 Å². The fraction of sp³-hybridized carbons (Fsp3) is 0.389. The van der Waals surface area contributed by atoms with E-state index in [0.717, 1.165) is 64.5 Å². The molecule has 0 radical (unpaired) electrons. The number of aliphatic hydroxyl groups is 2. The van der Waals surface area contributed by atoms with Crippen LogP contribution in [-0.4, -0.2) is 75.1 Å². The Kier molecular flexibility index (Phi) is 15.5. The molecule has 1 aromatic heterocycles. The van der Waals surface area contributed by atoms with E-state index in [1.807, 2.05) is 86.6 Å². The van der Waals surface area contributed by atoms with Crippen LogP contribution in [0.3, 0.4) is 0 Å². The molecule has 0 spiro atoms. The number of benzene rings is 4. The van der Waals surface area contributed by atoms with E-state index >= 15 is 4.79 Å². The number of unbranched alkanes of at least 4 members (excludes halogenated alkanes) is 2. The maximum absolute atomic E-state index is 15.3. The van der Waals surface area contributed by atoms with Gasteiger partial charge in [-0.05, 0) is 116 Å². The Bertz CT molecular complexity index is 2630. The highest BCUT2D eigenvalue weighted by molar-refractivity contribution is 6.03. The second-order valence-corrected chi connectivity index (χ2v) is 17.6. The van der Waals surface area contributed by atoms with Gasteiger partial charge in [-0.15, -0.1) is 6.58 Å². The zero-order valence-corrected chi connectivity index (χ0v) is 38.7. The molecule has 1 amide bonds. The van der Waals surface area contributed by atoms with Crippen molar-refractivity contribution >= 4 is 28.3 Å². The number of aliphatic hydroxyl groups excluding tert-OH is 2. The molecule has 1 fully saturated rings. The highest BCUT2D eigenvalue weighted by Gasteiger charge is 2.66. The molecule has 8 rings (SSSR count). The Balaban J connectivity index is 1.33. The first-order chi connectivity index (χ1) is 33.2. The van der Waals surface area contributed by atoms with Crippen LogP contribution < -0.4 is 14.2 Å². The highest BCUT2D eigenvalue weighted by Crippen LogP contribution is 2.62. The van der Waals surface area contributed by atoms with Crippen molar-refractivity contribution in [1.82, 2.24) is 9.88 Å². The Morgan fingerprint density at radius 1 is 0.971 bits per heavy atom. The topological polar surface area (TPSA) is 175 Å². The van der Waals surface area contributed by atoms with E-state index < -0.39 is 28.8 Å². The lowest BCUT2D eigenvalue weighted by molar-refractivity contribution is -0.384. The maximum Gasteiger partial charge on any atom is 0.416 e. The molecule has 2 aliphatic carbocycles. The molecule has 3 aliphatic rings. The standard InChI is InChI=1S/C54H60N4O10/c1-4-30-65-54-50(57(34-39-18-13-17-37-15-6-7-20-44(37)39)53(61)67-42-24-22-41(23-25-42)58(62)63)33-48(56-66-5-2)46-31-38(16-8-10-28-59)45(21-9-11-29-60)51(52(46)54)47-32-43(26-27-49(47)68-54)64-35-40-19-12-14-36(3)55-40/h4,6-7,12-15,17-20,22-27,31-32,38,45,50-52,59-60H,1,5,8-11,16,21,28-30,33-35H2,2-3H3. The number of allylic oxidation sites excluding steroid dienone is 1. The Morgan fingerprint density at radius 2 is 1.72 bits per heavy atom. The van der Waals surface area contributed by atoms with Gasteiger partial charge in [0.15, 0.2) is 0 Å². The molecular formula is C54H60N4O10. The second kappa shape index (κ2) is 22.0. The first kappa shape index (κ1) is 47.9. The van der Waals surface area contributed by atoms with E-state index in [2.05, 4.69) is 23.7 Å². The quantitative estimate of drug-likeness (QED) is 0.0310. The van der Waals surface area contributed by atoms with Gasteiger partial charge in [-0.3, -0.25) is 20.0 Å². The number of aromatic nitrogens is 1. The summed E-state index contributed by atoms with van der Waals surface area (Å²) in [5.41, 5.74) is 4.84. The van der Waals surface area contributed by atoms with Gasteiger partial charge in [-0.1, -0.05) is 78.7 Å². The first-order valence-corrected chi connectivity index (χ1v) is 23.6. The minimum Gasteiger partial charge on any atom is -0.487 e. The number of hydrogen-bond acceptors (Lipinski definition) is 12. The average Bonchev–Trinajstić information content (AvgIpc) is 3.35. The number of pyridine rings is 1. The van der Waals surface area contributed by atoms with Crippen LogP contribution >= 0.6 is 0 Å². The number of nitrogens with zero attached hydrogens (tertiary/aromatic N) is 4. The minimum absolute atomic E-state index is 0.0114. The maximum atomic E-state index is 15.3. The number of nitro groups is 1. The van der Waals surface area contributed by atoms with Gasteiger partial charge in [0.2, 0.25) is 5.79 Å². The third kappa shape index (κ3) is 10.3. The van der Waals surface area contributed by atoms with Gasteiger partial charge in [-0.2, -0.15) is 0 Å². The van der Waals surface area contributed by atoms with Crippen LogP contribution in [0.1, 0.15) is 80.3 Å². The Morgan fingerprint density at radius 3 is 2.47 bits per heavy atom. The fourth-order valence-electron chi connectivity index (χ4n) is 10.4. The van der Waals surface area contributed by atoms with E-state index in [1.54, 1.807) is 11.0 Å². The number of non-ortho nitro benzene ring substituents is 1. The van der Waals surface area contributed by atoms with Crippen molar-refractivity contribution in [2.24, 2.45) is 22.9 Å². The molecular weight excluding hydrogens is 865 g/mol. The Hall–Kier alpha value is -6.61. The lowest BCUT2D eigenvalue weighted by atomic mass is 9.55. The summed E-state index contributed by atoms with van der Waals surface area (Å²) in [7, 11) is 0. The van der Waals surface area contributed by atoms with Crippen LogP contribution in [-0.2, 0) is 22.7 Å². The SMILES string of the molecule is C=CCOC12Oc3ccc(OCc4cccc(C)n4)cc3C3C(CCCCO)C(CCCCO)C=C(C(=NOCC)CC1N(Cc1cccc4ccccc14)C(=O)Oc1ccc([N+](=O)[O-])cc1)C32. The summed E-state index contributed by atoms with van der Waals surface area (Å²) in [6.07, 6.45) is 7.76. The van der Waals surface area contributed by atoms with Crippen molar-refractivity contribution in [3.63, 3.8) is 0 Å². The van der Waals surface area contributed by atoms with Crippen molar-refractivity contribution in [2.45, 2.75) is 89.7 Å². The highest BCUT2D eigenvalue weighted by atomic mass is 16.7. The van der Waals surface area contributed by atoms with Crippen LogP contribution in [0, 0.1) is 34.8 Å². The zero-order valence-electron chi connectivity index (χ0n) is 38.7. The second-order valence-electron chi connectivity index (χ2n) is 17.6. The summed E-state index contributed by atoms with van der Waals surface area (Å²) in [5.74, 6) is -1.08. The molecule has 4 aromatic carbocycles. The van der Waals surface area contributed by atoms with E-state index in [1.165, 1.54) is 24.3 Å². The molecule has 1 aliphatic heterocycles. The molecule has 68 heavy (non-hydrogen) atoms. The van der Waals surface area contributed by atoms with Gasteiger partial charge in [0.05, 0.1) is 35.4 Å². The third-order valence-electron chi connectivity index (χ3n) is 13.4. The predicted octanol–water partition coefficient (Wildman–Crippen LogP) is 10.4. The monoisotopic (exact) mass is 924 g/mol. The van der Waals surface area contributed by atoms with Gasteiger partial charge in [0.1, 0.15) is 36.5 Å². The number of amides is 1. The summed E-state index contributed by atoms with van der Waals surface area (Å²) in [6.45, 7) is 8.70. The number of nitro benzene ring substituents is 1. The van der Waals surface area contributed by atoms with Gasteiger partial charge in [-0.25, -0.2) is 4.79 Å². The zero-order chi connectivity index (χ0) is 47.6. The van der Waals surface area contributed by atoms with E-state index in [4.69, 9.17) is 28.9 Å². The number of hydrogen-bond donors (Lipinski definition) is 2. The molecule has 0 bridgehead atoms. The van der Waals surface area contributed by atoms with Crippen molar-refractivity contribution in [3.8, 4) is 17.2 Å². The molecule has 0 saturated heterocycles. The summed E-state index contributed by atoms with van der Waals surface area (Å²) in [6, 6.07) is 30.1. The van der Waals surface area contributed by atoms with Crippen LogP contribution in [0.25, 0.3) is 10.8 Å². The summed E-state index contributed by atoms with van der Waals surface area (Å²) < 4.78 is 27.3. The van der Waals surface area contributed by atoms with Crippen LogP contribution in [0.5, 0.6) is 17.2 Å². The number of carbonyl (C=O) groups excluding carboxylic acids is 1. The van der Waals surface area contributed by atoms with E-state index in [0.29, 0.717) is 36.7 Å². The molecule has 14 heteroatoms. The molecule has 5 aromatic rings. The van der Waals surface area contributed by atoms with E-state index in [9.17, 15) is 20.3 Å². The molecule has 14 nitrogen and oxygen atoms in total. The van der Waals surface area contributed by atoms with Crippen molar-refractivity contribution in [1.29, 1.82) is 0 Å². The lowest BCUT2D eigenvalue weighted by Crippen LogP contribution is -2.70. The lowest BCUT2D eigenvalue weighted by Gasteiger charge is -2.59. The Labute approximate surface area is 397 Å². The average molecular weight is 925 g/mol. The molecule has 2 N–H and O–H groups in total. The molecule has 356 valence electrons. The van der Waals surface area contributed by atoms with E-state index in [-0.39, 0.29) is 68.6 Å². The number of rotatable bonds is 21. The molecule has 2 heterocycles. The number of oxime groups is 1. The molecule has 6 unspecified atom stereocenters. The van der Waals surface area contributed by atoms with Crippen LogP contribution in [0.2, 0.25) is 0 Å². The summed E-state index contributed by atoms with van der Waals surface area (Å²) in [4.78, 5) is 38.6. The van der Waals surface area contributed by atoms with Gasteiger partial charge in [0, 0.05) is 48.9 Å². The normalized spacial score (nSPS) is 22.0. The number of ether oxygens (including phenoxy) is 4. The van der Waals surface area contributed by atoms with Crippen molar-refractivity contribution < 1.29 is 43.7 Å². The smallest absolute Gasteiger partial charge is 0.416 e. The number of carbonyl (C=O) groups is 1. The van der Waals surface area contributed by atoms with Gasteiger partial charge < -0.3 is 34.0 Å². The number of fused-ring (bicyclic) bond motifs is 3. The number of aryl methyl sites for hydroxylation is 1. The molecule has 6 atom stereocenters.